The Hall–Kier alpha value is -3.52. The van der Waals surface area contributed by atoms with Gasteiger partial charge in [-0.2, -0.15) is 0 Å². The van der Waals surface area contributed by atoms with Crippen LogP contribution in [0, 0.1) is 0 Å². The van der Waals surface area contributed by atoms with Crippen molar-refractivity contribution < 1.29 is 13.2 Å². The molecule has 32 heavy (non-hydrogen) atoms. The van der Waals surface area contributed by atoms with E-state index in [1.165, 1.54) is 0 Å². The summed E-state index contributed by atoms with van der Waals surface area (Å²) in [5.74, 6) is -0.119. The molecule has 162 valence electrons. The minimum atomic E-state index is -3.34. The molecule has 2 aromatic heterocycles. The fourth-order valence-electron chi connectivity index (χ4n) is 3.98. The van der Waals surface area contributed by atoms with Crippen LogP contribution in [-0.2, 0) is 16.3 Å². The highest BCUT2D eigenvalue weighted by Crippen LogP contribution is 2.30. The summed E-state index contributed by atoms with van der Waals surface area (Å²) in [5, 5.41) is -0.492. The first-order chi connectivity index (χ1) is 15.4. The molecule has 0 unspecified atom stereocenters. The molecule has 3 heterocycles. The fraction of sp³-hybridized carbons (Fsp3) is 0.208. The Balaban J connectivity index is 1.51. The van der Waals surface area contributed by atoms with Gasteiger partial charge in [-0.05, 0) is 44.0 Å². The maximum Gasteiger partial charge on any atom is 0.262 e. The van der Waals surface area contributed by atoms with Crippen LogP contribution in [0.15, 0.2) is 65.8 Å². The van der Waals surface area contributed by atoms with Crippen LogP contribution < -0.4 is 4.90 Å². The molecule has 0 spiro atoms. The average Bonchev–Trinajstić information content (AvgIpc) is 3.42. The summed E-state index contributed by atoms with van der Waals surface area (Å²) in [6.07, 6.45) is 4.09. The van der Waals surface area contributed by atoms with E-state index in [9.17, 15) is 13.2 Å². The maximum atomic E-state index is 13.3. The predicted octanol–water partition coefficient (Wildman–Crippen LogP) is 4.01. The lowest BCUT2D eigenvalue weighted by Crippen LogP contribution is -2.28. The first-order valence-electron chi connectivity index (χ1n) is 10.4. The number of anilines is 1. The largest absolute Gasteiger partial charge is 0.344 e. The molecule has 7 nitrogen and oxygen atoms in total. The molecule has 1 amide bonds. The molecule has 0 bridgehead atoms. The number of benzene rings is 2. The van der Waals surface area contributed by atoms with Crippen LogP contribution in [0.3, 0.4) is 0 Å². The van der Waals surface area contributed by atoms with Gasteiger partial charge in [0.15, 0.2) is 15.5 Å². The number of hydrogen-bond donors (Lipinski definition) is 1. The molecular formula is C24H22N4O3S. The summed E-state index contributed by atoms with van der Waals surface area (Å²) < 4.78 is 24.8. The van der Waals surface area contributed by atoms with Crippen molar-refractivity contribution in [2.45, 2.75) is 30.4 Å². The van der Waals surface area contributed by atoms with E-state index in [-0.39, 0.29) is 10.8 Å². The number of fused-ring (bicyclic) bond motifs is 2. The summed E-state index contributed by atoms with van der Waals surface area (Å²) in [4.78, 5) is 27.5. The van der Waals surface area contributed by atoms with Crippen LogP contribution in [-0.4, -0.2) is 41.1 Å². The smallest absolute Gasteiger partial charge is 0.262 e. The molecule has 4 aromatic rings. The zero-order valence-corrected chi connectivity index (χ0v) is 18.6. The van der Waals surface area contributed by atoms with Crippen LogP contribution in [0.4, 0.5) is 5.69 Å². The van der Waals surface area contributed by atoms with Crippen molar-refractivity contribution in [2.75, 3.05) is 11.4 Å². The Kier molecular flexibility index (Phi) is 4.82. The number of carbonyl (C=O) groups excluding carboxylic acids is 1. The summed E-state index contributed by atoms with van der Waals surface area (Å²) >= 11 is 0. The summed E-state index contributed by atoms with van der Waals surface area (Å²) in [6.45, 7) is 3.95. The Labute approximate surface area is 186 Å². The summed E-state index contributed by atoms with van der Waals surface area (Å²) in [7, 11) is -3.34. The third-order valence-corrected chi connectivity index (χ3v) is 8.01. The second-order valence-corrected chi connectivity index (χ2v) is 10.6. The van der Waals surface area contributed by atoms with Crippen LogP contribution in [0.5, 0.6) is 0 Å². The van der Waals surface area contributed by atoms with E-state index >= 15 is 0 Å². The molecule has 1 aliphatic rings. The molecule has 0 radical (unpaired) electrons. The SMILES string of the molecule is CC(C)S(=O)(=O)c1ccc(-c2cnc3[nH]cc(C(=O)N4CCc5ccccc54)c3n2)cc1. The zero-order valence-electron chi connectivity index (χ0n) is 17.7. The minimum Gasteiger partial charge on any atom is -0.344 e. The molecule has 2 aromatic carbocycles. The van der Waals surface area contributed by atoms with Gasteiger partial charge in [0.2, 0.25) is 0 Å². The number of H-pyrrole nitrogens is 1. The lowest BCUT2D eigenvalue weighted by molar-refractivity contribution is 0.0991. The lowest BCUT2D eigenvalue weighted by atomic mass is 10.1. The van der Waals surface area contributed by atoms with E-state index in [4.69, 9.17) is 4.98 Å². The molecule has 8 heteroatoms. The topological polar surface area (TPSA) is 96.0 Å². The molecule has 0 saturated heterocycles. The van der Waals surface area contributed by atoms with Gasteiger partial charge in [0.05, 0.1) is 27.6 Å². The number of para-hydroxylation sites is 1. The van der Waals surface area contributed by atoms with Crippen LogP contribution in [0.1, 0.15) is 29.8 Å². The standard InChI is InChI=1S/C24H22N4O3S/c1-15(2)32(30,31)18-9-7-16(8-10-18)20-14-26-23-22(27-20)19(13-25-23)24(29)28-12-11-17-5-3-4-6-21(17)28/h3-10,13-15H,11-12H2,1-2H3,(H,25,26). The molecule has 0 aliphatic carbocycles. The van der Waals surface area contributed by atoms with Crippen LogP contribution in [0.2, 0.25) is 0 Å². The normalized spacial score (nSPS) is 13.7. The minimum absolute atomic E-state index is 0.119. The predicted molar refractivity (Wildman–Crippen MR) is 123 cm³/mol. The molecule has 0 fully saturated rings. The number of nitrogens with zero attached hydrogens (tertiary/aromatic N) is 3. The van der Waals surface area contributed by atoms with Gasteiger partial charge < -0.3 is 9.88 Å². The number of aromatic amines is 1. The Bertz CT molecular complexity index is 1440. The maximum absolute atomic E-state index is 13.3. The van der Waals surface area contributed by atoms with Gasteiger partial charge in [0.1, 0.15) is 5.52 Å². The third kappa shape index (κ3) is 3.27. The molecule has 0 atom stereocenters. The zero-order chi connectivity index (χ0) is 22.5. The van der Waals surface area contributed by atoms with Crippen molar-refractivity contribution >= 4 is 32.6 Å². The van der Waals surface area contributed by atoms with Gasteiger partial charge in [-0.15, -0.1) is 0 Å². The van der Waals surface area contributed by atoms with Gasteiger partial charge in [0, 0.05) is 24.0 Å². The lowest BCUT2D eigenvalue weighted by Gasteiger charge is -2.16. The quantitative estimate of drug-likeness (QED) is 0.511. The van der Waals surface area contributed by atoms with E-state index in [1.807, 2.05) is 24.3 Å². The van der Waals surface area contributed by atoms with Crippen molar-refractivity contribution in [3.05, 3.63) is 72.1 Å². The van der Waals surface area contributed by atoms with Crippen molar-refractivity contribution in [3.8, 4) is 11.3 Å². The van der Waals surface area contributed by atoms with Gasteiger partial charge >= 0.3 is 0 Å². The van der Waals surface area contributed by atoms with Crippen molar-refractivity contribution in [1.82, 2.24) is 15.0 Å². The second kappa shape index (κ2) is 7.56. The van der Waals surface area contributed by atoms with Gasteiger partial charge in [-0.3, -0.25) is 4.79 Å². The summed E-state index contributed by atoms with van der Waals surface area (Å²) in [6, 6.07) is 14.5. The van der Waals surface area contributed by atoms with E-state index in [0.29, 0.717) is 29.0 Å². The highest BCUT2D eigenvalue weighted by molar-refractivity contribution is 7.92. The Morgan fingerprint density at radius 3 is 2.59 bits per heavy atom. The second-order valence-electron chi connectivity index (χ2n) is 8.11. The highest BCUT2D eigenvalue weighted by Gasteiger charge is 2.27. The number of nitrogens with one attached hydrogen (secondary N) is 1. The number of rotatable bonds is 4. The fourth-order valence-corrected chi connectivity index (χ4v) is 5.04. The first-order valence-corrected chi connectivity index (χ1v) is 12.0. The van der Waals surface area contributed by atoms with E-state index in [0.717, 1.165) is 23.2 Å². The number of carbonyl (C=O) groups is 1. The molecule has 5 rings (SSSR count). The number of hydrogen-bond acceptors (Lipinski definition) is 5. The van der Waals surface area contributed by atoms with Gasteiger partial charge in [0.25, 0.3) is 5.91 Å². The summed E-state index contributed by atoms with van der Waals surface area (Å²) in [5.41, 5.74) is 4.88. The highest BCUT2D eigenvalue weighted by atomic mass is 32.2. The number of amides is 1. The Morgan fingerprint density at radius 2 is 1.84 bits per heavy atom. The van der Waals surface area contributed by atoms with Gasteiger partial charge in [-0.25, -0.2) is 18.4 Å². The average molecular weight is 447 g/mol. The van der Waals surface area contributed by atoms with Crippen molar-refractivity contribution in [1.29, 1.82) is 0 Å². The van der Waals surface area contributed by atoms with Crippen LogP contribution in [0.25, 0.3) is 22.4 Å². The van der Waals surface area contributed by atoms with E-state index in [2.05, 4.69) is 9.97 Å². The molecule has 0 saturated carbocycles. The van der Waals surface area contributed by atoms with E-state index in [1.54, 1.807) is 55.4 Å². The molecule has 1 aliphatic heterocycles. The number of sulfone groups is 1. The first kappa shape index (κ1) is 20.4. The third-order valence-electron chi connectivity index (χ3n) is 5.84. The van der Waals surface area contributed by atoms with Crippen molar-refractivity contribution in [2.24, 2.45) is 0 Å². The Morgan fingerprint density at radius 1 is 1.09 bits per heavy atom. The molecular weight excluding hydrogens is 424 g/mol. The van der Waals surface area contributed by atoms with Gasteiger partial charge in [-0.1, -0.05) is 30.3 Å². The number of aromatic nitrogens is 3. The van der Waals surface area contributed by atoms with E-state index < -0.39 is 15.1 Å². The molecule has 1 N–H and O–H groups in total. The van der Waals surface area contributed by atoms with Crippen LogP contribution >= 0.6 is 0 Å². The monoisotopic (exact) mass is 446 g/mol. The van der Waals surface area contributed by atoms with Crippen molar-refractivity contribution in [3.63, 3.8) is 0 Å².